The van der Waals surface area contributed by atoms with Crippen molar-refractivity contribution in [3.8, 4) is 11.4 Å². The lowest BCUT2D eigenvalue weighted by Crippen LogP contribution is -2.19. The number of aromatic nitrogens is 2. The summed E-state index contributed by atoms with van der Waals surface area (Å²) in [7, 11) is 0. The van der Waals surface area contributed by atoms with Gasteiger partial charge in [0.25, 0.3) is 0 Å². The predicted octanol–water partition coefficient (Wildman–Crippen LogP) is 4.63. The molecule has 126 valence electrons. The first-order valence-electron chi connectivity index (χ1n) is 9.07. The molecule has 0 aliphatic carbocycles. The molecule has 3 heterocycles. The summed E-state index contributed by atoms with van der Waals surface area (Å²) in [5.74, 6) is 0.777. The van der Waals surface area contributed by atoms with Crippen LogP contribution in [0.5, 0.6) is 0 Å². The number of nitrogens with zero attached hydrogens (tertiary/aromatic N) is 2. The summed E-state index contributed by atoms with van der Waals surface area (Å²) in [5.41, 5.74) is 3.61. The molecular formula is C20H24N2O2. The van der Waals surface area contributed by atoms with Crippen LogP contribution in [-0.4, -0.2) is 23.2 Å². The minimum atomic E-state index is 0.124. The molecule has 0 saturated carbocycles. The third kappa shape index (κ3) is 3.21. The van der Waals surface area contributed by atoms with Crippen molar-refractivity contribution in [1.29, 1.82) is 0 Å². The highest BCUT2D eigenvalue weighted by atomic mass is 16.5. The lowest BCUT2D eigenvalue weighted by Gasteiger charge is -2.31. The summed E-state index contributed by atoms with van der Waals surface area (Å²) < 4.78 is 12.2. The van der Waals surface area contributed by atoms with E-state index in [-0.39, 0.29) is 12.2 Å². The fourth-order valence-electron chi connectivity index (χ4n) is 3.81. The molecule has 2 aliphatic rings. The summed E-state index contributed by atoms with van der Waals surface area (Å²) in [6.45, 7) is 1.68. The Hall–Kier alpha value is -1.78. The van der Waals surface area contributed by atoms with E-state index in [2.05, 4.69) is 28.2 Å². The molecule has 0 amide bonds. The van der Waals surface area contributed by atoms with Crippen molar-refractivity contribution >= 4 is 0 Å². The molecule has 2 saturated heterocycles. The molecule has 2 unspecified atom stereocenters. The lowest BCUT2D eigenvalue weighted by atomic mass is 9.87. The van der Waals surface area contributed by atoms with Gasteiger partial charge in [0.2, 0.25) is 0 Å². The van der Waals surface area contributed by atoms with E-state index in [4.69, 9.17) is 9.47 Å². The van der Waals surface area contributed by atoms with E-state index in [9.17, 15) is 0 Å². The third-order valence-electron chi connectivity index (χ3n) is 4.97. The summed E-state index contributed by atoms with van der Waals surface area (Å²) in [5, 5.41) is 0. The fraction of sp³-hybridized carbons (Fsp3) is 0.500. The average molecular weight is 324 g/mol. The van der Waals surface area contributed by atoms with Crippen molar-refractivity contribution in [2.75, 3.05) is 13.2 Å². The second kappa shape index (κ2) is 7.41. The second-order valence-corrected chi connectivity index (χ2v) is 6.59. The maximum atomic E-state index is 6.15. The van der Waals surface area contributed by atoms with Gasteiger partial charge >= 0.3 is 0 Å². The quantitative estimate of drug-likeness (QED) is 0.826. The molecule has 2 aliphatic heterocycles. The van der Waals surface area contributed by atoms with E-state index >= 15 is 0 Å². The van der Waals surface area contributed by atoms with E-state index in [1.54, 1.807) is 12.4 Å². The standard InChI is InChI=1S/C20H24N2O2/c1-3-13-23-17(9-1)15-7-5-8-16(20-21-11-6-12-22-20)19(15)18-10-2-4-14-24-18/h5-8,11-12,17-18H,1-4,9-10,13-14H2. The maximum absolute atomic E-state index is 6.15. The van der Waals surface area contributed by atoms with Gasteiger partial charge < -0.3 is 9.47 Å². The van der Waals surface area contributed by atoms with Gasteiger partial charge in [-0.25, -0.2) is 9.97 Å². The molecule has 2 aromatic rings. The summed E-state index contributed by atoms with van der Waals surface area (Å²) >= 11 is 0. The van der Waals surface area contributed by atoms with Gasteiger partial charge in [-0.1, -0.05) is 18.2 Å². The van der Waals surface area contributed by atoms with Gasteiger partial charge in [0.15, 0.2) is 5.82 Å². The normalized spacial score (nSPS) is 24.7. The van der Waals surface area contributed by atoms with Crippen LogP contribution in [0.1, 0.15) is 61.9 Å². The van der Waals surface area contributed by atoms with Crippen molar-refractivity contribution in [2.45, 2.75) is 50.7 Å². The zero-order valence-electron chi connectivity index (χ0n) is 14.0. The fourth-order valence-corrected chi connectivity index (χ4v) is 3.81. The highest BCUT2D eigenvalue weighted by Gasteiger charge is 2.28. The third-order valence-corrected chi connectivity index (χ3v) is 4.97. The van der Waals surface area contributed by atoms with E-state index < -0.39 is 0 Å². The first kappa shape index (κ1) is 15.7. The van der Waals surface area contributed by atoms with Crippen LogP contribution in [0.4, 0.5) is 0 Å². The minimum absolute atomic E-state index is 0.124. The van der Waals surface area contributed by atoms with Crippen LogP contribution in [0, 0.1) is 0 Å². The highest BCUT2D eigenvalue weighted by Crippen LogP contribution is 2.41. The van der Waals surface area contributed by atoms with Gasteiger partial charge in [0.1, 0.15) is 0 Å². The zero-order chi connectivity index (χ0) is 16.2. The van der Waals surface area contributed by atoms with Crippen LogP contribution in [-0.2, 0) is 9.47 Å². The van der Waals surface area contributed by atoms with Gasteiger partial charge in [0, 0.05) is 31.2 Å². The lowest BCUT2D eigenvalue weighted by molar-refractivity contribution is -0.000275. The minimum Gasteiger partial charge on any atom is -0.374 e. The molecule has 0 bridgehead atoms. The van der Waals surface area contributed by atoms with E-state index in [1.807, 2.05) is 6.07 Å². The maximum Gasteiger partial charge on any atom is 0.159 e. The van der Waals surface area contributed by atoms with E-state index in [1.165, 1.54) is 24.0 Å². The Morgan fingerprint density at radius 1 is 0.792 bits per heavy atom. The zero-order valence-corrected chi connectivity index (χ0v) is 14.0. The number of benzene rings is 1. The highest BCUT2D eigenvalue weighted by molar-refractivity contribution is 5.63. The first-order chi connectivity index (χ1) is 11.9. The Morgan fingerprint density at radius 3 is 2.17 bits per heavy atom. The first-order valence-corrected chi connectivity index (χ1v) is 9.07. The molecule has 1 aromatic heterocycles. The average Bonchev–Trinajstić information content (AvgIpc) is 2.69. The molecule has 4 rings (SSSR count). The number of hydrogen-bond donors (Lipinski definition) is 0. The Bertz CT molecular complexity index is 663. The van der Waals surface area contributed by atoms with Crippen LogP contribution >= 0.6 is 0 Å². The van der Waals surface area contributed by atoms with Gasteiger partial charge in [-0.3, -0.25) is 0 Å². The van der Waals surface area contributed by atoms with Crippen molar-refractivity contribution in [1.82, 2.24) is 9.97 Å². The molecule has 0 N–H and O–H groups in total. The van der Waals surface area contributed by atoms with E-state index in [0.717, 1.165) is 50.3 Å². The topological polar surface area (TPSA) is 44.2 Å². The Labute approximate surface area is 143 Å². The smallest absolute Gasteiger partial charge is 0.159 e. The molecule has 0 radical (unpaired) electrons. The summed E-state index contributed by atoms with van der Waals surface area (Å²) in [6, 6.07) is 8.28. The van der Waals surface area contributed by atoms with Crippen molar-refractivity contribution < 1.29 is 9.47 Å². The van der Waals surface area contributed by atoms with Gasteiger partial charge in [-0.15, -0.1) is 0 Å². The molecule has 2 atom stereocenters. The molecule has 4 heteroatoms. The van der Waals surface area contributed by atoms with Gasteiger partial charge in [-0.2, -0.15) is 0 Å². The summed E-state index contributed by atoms with van der Waals surface area (Å²) in [6.07, 6.45) is 10.8. The van der Waals surface area contributed by atoms with Gasteiger partial charge in [-0.05, 0) is 55.7 Å². The van der Waals surface area contributed by atoms with Crippen LogP contribution in [0.25, 0.3) is 11.4 Å². The second-order valence-electron chi connectivity index (χ2n) is 6.59. The van der Waals surface area contributed by atoms with Gasteiger partial charge in [0.05, 0.1) is 12.2 Å². The number of rotatable bonds is 3. The number of hydrogen-bond acceptors (Lipinski definition) is 4. The molecule has 4 nitrogen and oxygen atoms in total. The Kier molecular flexibility index (Phi) is 4.86. The predicted molar refractivity (Wildman–Crippen MR) is 92.6 cm³/mol. The van der Waals surface area contributed by atoms with Crippen LogP contribution in [0.3, 0.4) is 0 Å². The molecule has 24 heavy (non-hydrogen) atoms. The van der Waals surface area contributed by atoms with Crippen LogP contribution in [0.2, 0.25) is 0 Å². The number of ether oxygens (including phenoxy) is 2. The van der Waals surface area contributed by atoms with Crippen LogP contribution in [0.15, 0.2) is 36.7 Å². The largest absolute Gasteiger partial charge is 0.374 e. The van der Waals surface area contributed by atoms with Crippen LogP contribution < -0.4 is 0 Å². The Morgan fingerprint density at radius 2 is 1.50 bits per heavy atom. The van der Waals surface area contributed by atoms with Crippen molar-refractivity contribution in [2.24, 2.45) is 0 Å². The van der Waals surface area contributed by atoms with E-state index in [0.29, 0.717) is 0 Å². The molecule has 0 spiro atoms. The van der Waals surface area contributed by atoms with Crippen molar-refractivity contribution in [3.05, 3.63) is 47.8 Å². The SMILES string of the molecule is c1cnc(-c2cccc(C3CCCCO3)c2C2CCCCO2)nc1. The molecular weight excluding hydrogens is 300 g/mol. The monoisotopic (exact) mass is 324 g/mol. The summed E-state index contributed by atoms with van der Waals surface area (Å²) in [4.78, 5) is 8.97. The molecule has 1 aromatic carbocycles. The Balaban J connectivity index is 1.80. The van der Waals surface area contributed by atoms with Crippen molar-refractivity contribution in [3.63, 3.8) is 0 Å². The molecule has 2 fully saturated rings.